The number of pyridine rings is 1. The molecule has 1 aromatic rings. The first-order valence-corrected chi connectivity index (χ1v) is 4.61. The zero-order chi connectivity index (χ0) is 13.9. The molecule has 0 saturated carbocycles. The van der Waals surface area contributed by atoms with Crippen LogP contribution in [0.5, 0.6) is 5.75 Å². The van der Waals surface area contributed by atoms with Gasteiger partial charge in [0, 0.05) is 6.20 Å². The zero-order valence-electron chi connectivity index (χ0n) is 9.05. The van der Waals surface area contributed by atoms with Crippen LogP contribution in [0.25, 0.3) is 0 Å². The quantitative estimate of drug-likeness (QED) is 0.789. The van der Waals surface area contributed by atoms with Gasteiger partial charge in [0.05, 0.1) is 30.9 Å². The van der Waals surface area contributed by atoms with Gasteiger partial charge < -0.3 is 4.74 Å². The summed E-state index contributed by atoms with van der Waals surface area (Å²) in [6.45, 7) is 0. The lowest BCUT2D eigenvalue weighted by Gasteiger charge is -2.17. The van der Waals surface area contributed by atoms with Crippen molar-refractivity contribution in [1.82, 2.24) is 4.98 Å². The van der Waals surface area contributed by atoms with Gasteiger partial charge in [-0.1, -0.05) is 0 Å². The topological polar surface area (TPSA) is 45.9 Å². The van der Waals surface area contributed by atoms with Crippen molar-refractivity contribution in [2.45, 2.75) is 19.0 Å². The minimum atomic E-state index is -5.01. The van der Waals surface area contributed by atoms with Crippen LogP contribution in [0.3, 0.4) is 0 Å². The lowest BCUT2D eigenvalue weighted by molar-refractivity contribution is -0.140. The van der Waals surface area contributed by atoms with E-state index in [0.29, 0.717) is 6.20 Å². The number of aromatic nitrogens is 1. The Labute approximate surface area is 98.8 Å². The van der Waals surface area contributed by atoms with E-state index >= 15 is 0 Å². The summed E-state index contributed by atoms with van der Waals surface area (Å²) in [5.74, 6) is -0.832. The highest BCUT2D eigenvalue weighted by molar-refractivity contribution is 5.45. The van der Waals surface area contributed by atoms with Gasteiger partial charge in [0.1, 0.15) is 5.56 Å². The molecule has 0 amide bonds. The molecule has 0 radical (unpaired) electrons. The minimum absolute atomic E-state index is 0.322. The van der Waals surface area contributed by atoms with Crippen molar-refractivity contribution in [2.24, 2.45) is 0 Å². The number of rotatable bonds is 3. The van der Waals surface area contributed by atoms with Gasteiger partial charge in [0.25, 0.3) is 6.43 Å². The van der Waals surface area contributed by atoms with Crippen LogP contribution < -0.4 is 4.74 Å². The number of hydrogen-bond acceptors (Lipinski definition) is 3. The van der Waals surface area contributed by atoms with Gasteiger partial charge in [-0.05, 0) is 0 Å². The van der Waals surface area contributed by atoms with E-state index in [2.05, 4.69) is 9.72 Å². The van der Waals surface area contributed by atoms with Crippen molar-refractivity contribution in [3.63, 3.8) is 0 Å². The molecule has 3 nitrogen and oxygen atoms in total. The van der Waals surface area contributed by atoms with E-state index in [9.17, 15) is 22.0 Å². The lowest BCUT2D eigenvalue weighted by Crippen LogP contribution is -2.14. The van der Waals surface area contributed by atoms with Gasteiger partial charge in [-0.25, -0.2) is 8.78 Å². The zero-order valence-corrected chi connectivity index (χ0v) is 9.05. The third-order valence-electron chi connectivity index (χ3n) is 2.11. The Kier molecular flexibility index (Phi) is 4.06. The third-order valence-corrected chi connectivity index (χ3v) is 2.11. The summed E-state index contributed by atoms with van der Waals surface area (Å²) in [5, 5.41) is 8.44. The van der Waals surface area contributed by atoms with Crippen LogP contribution in [0.1, 0.15) is 23.2 Å². The summed E-state index contributed by atoms with van der Waals surface area (Å²) >= 11 is 0. The molecule has 0 saturated heterocycles. The molecule has 0 aliphatic heterocycles. The van der Waals surface area contributed by atoms with Gasteiger partial charge in [-0.3, -0.25) is 4.98 Å². The fourth-order valence-corrected chi connectivity index (χ4v) is 1.42. The first kappa shape index (κ1) is 14.2. The summed E-state index contributed by atoms with van der Waals surface area (Å²) in [4.78, 5) is 3.41. The van der Waals surface area contributed by atoms with Crippen LogP contribution in [-0.2, 0) is 12.6 Å². The molecular weight excluding hydrogens is 259 g/mol. The SMILES string of the molecule is COc1c(CC#N)ncc(C(F)F)c1C(F)(F)F. The Balaban J connectivity index is 3.57. The first-order chi connectivity index (χ1) is 8.32. The fraction of sp³-hybridized carbons (Fsp3) is 0.400. The molecular formula is C10H7F5N2O. The predicted molar refractivity (Wildman–Crippen MR) is 50.1 cm³/mol. The third kappa shape index (κ3) is 2.67. The van der Waals surface area contributed by atoms with Gasteiger partial charge in [-0.15, -0.1) is 0 Å². The molecule has 18 heavy (non-hydrogen) atoms. The molecule has 0 aliphatic rings. The summed E-state index contributed by atoms with van der Waals surface area (Å²) in [5.41, 5.74) is -3.17. The van der Waals surface area contributed by atoms with Crippen molar-refractivity contribution in [2.75, 3.05) is 7.11 Å². The molecule has 0 N–H and O–H groups in total. The molecule has 0 aromatic carbocycles. The van der Waals surface area contributed by atoms with Crippen molar-refractivity contribution < 1.29 is 26.7 Å². The van der Waals surface area contributed by atoms with E-state index in [1.54, 1.807) is 6.07 Å². The van der Waals surface area contributed by atoms with Crippen molar-refractivity contribution in [3.8, 4) is 11.8 Å². The Morgan fingerprint density at radius 3 is 2.44 bits per heavy atom. The number of nitriles is 1. The number of hydrogen-bond donors (Lipinski definition) is 0. The molecule has 98 valence electrons. The Morgan fingerprint density at radius 2 is 2.06 bits per heavy atom. The number of ether oxygens (including phenoxy) is 1. The van der Waals surface area contributed by atoms with E-state index in [1.165, 1.54) is 0 Å². The Hall–Kier alpha value is -1.91. The van der Waals surface area contributed by atoms with Crippen molar-refractivity contribution in [3.05, 3.63) is 23.0 Å². The number of halogens is 5. The van der Waals surface area contributed by atoms with Gasteiger partial charge >= 0.3 is 6.18 Å². The average molecular weight is 266 g/mol. The van der Waals surface area contributed by atoms with E-state index in [0.717, 1.165) is 7.11 Å². The molecule has 0 aliphatic carbocycles. The highest BCUT2D eigenvalue weighted by atomic mass is 19.4. The molecule has 1 heterocycles. The summed E-state index contributed by atoms with van der Waals surface area (Å²) < 4.78 is 67.8. The maximum Gasteiger partial charge on any atom is 0.420 e. The summed E-state index contributed by atoms with van der Waals surface area (Å²) in [6.07, 6.45) is -8.39. The smallest absolute Gasteiger partial charge is 0.420 e. The Bertz CT molecular complexity index is 478. The number of alkyl halides is 5. The van der Waals surface area contributed by atoms with Gasteiger partial charge in [0.2, 0.25) is 0 Å². The minimum Gasteiger partial charge on any atom is -0.494 e. The standard InChI is InChI=1S/C10H7F5N2O/c1-18-8-6(2-3-16)17-4-5(9(11)12)7(8)10(13,14)15/h4,9H,2H2,1H3. The predicted octanol–water partition coefficient (Wildman–Crippen LogP) is 3.11. The molecule has 0 fully saturated rings. The summed E-state index contributed by atoms with van der Waals surface area (Å²) in [7, 11) is 0.905. The normalized spacial score (nSPS) is 11.4. The van der Waals surface area contributed by atoms with Gasteiger partial charge in [0.15, 0.2) is 5.75 Å². The molecule has 0 bridgehead atoms. The highest BCUT2D eigenvalue weighted by Gasteiger charge is 2.40. The van der Waals surface area contributed by atoms with E-state index < -0.39 is 35.9 Å². The number of nitrogens with zero attached hydrogens (tertiary/aromatic N) is 2. The maximum atomic E-state index is 12.8. The van der Waals surface area contributed by atoms with Crippen LogP contribution in [-0.4, -0.2) is 12.1 Å². The molecule has 8 heteroatoms. The molecule has 0 spiro atoms. The highest BCUT2D eigenvalue weighted by Crippen LogP contribution is 2.42. The molecule has 0 atom stereocenters. The number of methoxy groups -OCH3 is 1. The second kappa shape index (κ2) is 5.16. The van der Waals surface area contributed by atoms with Gasteiger partial charge in [-0.2, -0.15) is 18.4 Å². The Morgan fingerprint density at radius 1 is 1.44 bits per heavy atom. The average Bonchev–Trinajstić information content (AvgIpc) is 2.27. The van der Waals surface area contributed by atoms with Crippen LogP contribution in [0.4, 0.5) is 22.0 Å². The largest absolute Gasteiger partial charge is 0.494 e. The second-order valence-electron chi connectivity index (χ2n) is 3.20. The first-order valence-electron chi connectivity index (χ1n) is 4.61. The lowest BCUT2D eigenvalue weighted by atomic mass is 10.1. The van der Waals surface area contributed by atoms with Crippen molar-refractivity contribution >= 4 is 0 Å². The van der Waals surface area contributed by atoms with E-state index in [-0.39, 0.29) is 5.69 Å². The van der Waals surface area contributed by atoms with E-state index in [4.69, 9.17) is 5.26 Å². The van der Waals surface area contributed by atoms with Crippen molar-refractivity contribution in [1.29, 1.82) is 5.26 Å². The fourth-order valence-electron chi connectivity index (χ4n) is 1.42. The van der Waals surface area contributed by atoms with E-state index in [1.807, 2.05) is 0 Å². The molecule has 1 aromatic heterocycles. The van der Waals surface area contributed by atoms with Crippen LogP contribution >= 0.6 is 0 Å². The second-order valence-corrected chi connectivity index (χ2v) is 3.20. The van der Waals surface area contributed by atoms with Crippen LogP contribution in [0, 0.1) is 11.3 Å². The monoisotopic (exact) mass is 266 g/mol. The summed E-state index contributed by atoms with van der Waals surface area (Å²) in [6, 6.07) is 1.59. The molecule has 0 unspecified atom stereocenters. The molecule has 1 rings (SSSR count). The van der Waals surface area contributed by atoms with Crippen LogP contribution in [0.2, 0.25) is 0 Å². The van der Waals surface area contributed by atoms with Crippen LogP contribution in [0.15, 0.2) is 6.20 Å². The maximum absolute atomic E-state index is 12.8.